The van der Waals surface area contributed by atoms with Gasteiger partial charge in [-0.05, 0) is 42.5 Å². The Hall–Kier alpha value is -2.78. The number of carbonyl (C=O) groups is 2. The van der Waals surface area contributed by atoms with E-state index in [0.717, 1.165) is 4.31 Å². The zero-order chi connectivity index (χ0) is 18.7. The number of hydrogen-bond acceptors (Lipinski definition) is 4. The monoisotopic (exact) mass is 377 g/mol. The molecule has 136 valence electrons. The lowest BCUT2D eigenvalue weighted by Crippen LogP contribution is -2.49. The van der Waals surface area contributed by atoms with Gasteiger partial charge in [0.2, 0.25) is 15.9 Å². The fraction of sp³-hybridized carbons (Fsp3) is 0.176. The van der Waals surface area contributed by atoms with E-state index >= 15 is 0 Å². The molecule has 1 aliphatic rings. The minimum atomic E-state index is -3.81. The first-order valence-electron chi connectivity index (χ1n) is 7.80. The molecule has 2 N–H and O–H groups in total. The van der Waals surface area contributed by atoms with Crippen molar-refractivity contribution in [2.24, 2.45) is 0 Å². The van der Waals surface area contributed by atoms with Gasteiger partial charge in [0.15, 0.2) is 0 Å². The molecule has 0 unspecified atom stereocenters. The molecule has 2 amide bonds. The molecular formula is C17H16FN3O4S. The summed E-state index contributed by atoms with van der Waals surface area (Å²) in [6.45, 7) is 0.214. The number of carbonyl (C=O) groups excluding carboxylic acids is 2. The van der Waals surface area contributed by atoms with Crippen molar-refractivity contribution in [1.82, 2.24) is 9.62 Å². The molecule has 1 fully saturated rings. The van der Waals surface area contributed by atoms with Gasteiger partial charge in [-0.1, -0.05) is 6.07 Å². The maximum Gasteiger partial charge on any atom is 0.255 e. The van der Waals surface area contributed by atoms with Crippen LogP contribution in [0.25, 0.3) is 0 Å². The van der Waals surface area contributed by atoms with Gasteiger partial charge in [0.1, 0.15) is 5.82 Å². The van der Waals surface area contributed by atoms with Gasteiger partial charge >= 0.3 is 0 Å². The summed E-state index contributed by atoms with van der Waals surface area (Å²) in [7, 11) is -3.81. The van der Waals surface area contributed by atoms with Gasteiger partial charge in [-0.3, -0.25) is 9.59 Å². The lowest BCUT2D eigenvalue weighted by atomic mass is 10.2. The summed E-state index contributed by atoms with van der Waals surface area (Å²) in [6.07, 6.45) is 0. The van der Waals surface area contributed by atoms with Crippen molar-refractivity contribution in [2.75, 3.05) is 25.0 Å². The van der Waals surface area contributed by atoms with Gasteiger partial charge in [0, 0.05) is 24.3 Å². The molecule has 0 atom stereocenters. The lowest BCUT2D eigenvalue weighted by Gasteiger charge is -2.25. The Morgan fingerprint density at radius 3 is 2.54 bits per heavy atom. The largest absolute Gasteiger partial charge is 0.354 e. The number of piperazine rings is 1. The normalized spacial score (nSPS) is 15.3. The molecule has 0 spiro atoms. The highest BCUT2D eigenvalue weighted by atomic mass is 32.2. The fourth-order valence-corrected chi connectivity index (χ4v) is 3.91. The van der Waals surface area contributed by atoms with Crippen LogP contribution in [-0.4, -0.2) is 44.2 Å². The molecule has 0 aliphatic carbocycles. The number of sulfonamides is 1. The van der Waals surface area contributed by atoms with E-state index in [1.54, 1.807) is 6.07 Å². The Bertz CT molecular complexity index is 945. The quantitative estimate of drug-likeness (QED) is 0.837. The molecule has 3 rings (SSSR count). The summed E-state index contributed by atoms with van der Waals surface area (Å²) in [4.78, 5) is 23.6. The lowest BCUT2D eigenvalue weighted by molar-refractivity contribution is -0.122. The SMILES string of the molecule is O=C1CN(S(=O)(=O)c2ccc(C(=O)Nc3cccc(F)c3)cc2)CCN1. The van der Waals surface area contributed by atoms with Gasteiger partial charge in [0.05, 0.1) is 11.4 Å². The van der Waals surface area contributed by atoms with Crippen molar-refractivity contribution in [1.29, 1.82) is 0 Å². The molecule has 7 nitrogen and oxygen atoms in total. The van der Waals surface area contributed by atoms with Crippen molar-refractivity contribution in [3.63, 3.8) is 0 Å². The molecule has 26 heavy (non-hydrogen) atoms. The van der Waals surface area contributed by atoms with Crippen LogP contribution in [0.15, 0.2) is 53.4 Å². The van der Waals surface area contributed by atoms with Gasteiger partial charge in [0.25, 0.3) is 5.91 Å². The summed E-state index contributed by atoms with van der Waals surface area (Å²) in [5.41, 5.74) is 0.524. The van der Waals surface area contributed by atoms with Crippen LogP contribution in [0.5, 0.6) is 0 Å². The Labute approximate surface area is 149 Å². The summed E-state index contributed by atoms with van der Waals surface area (Å²) in [6, 6.07) is 10.8. The average Bonchev–Trinajstić information content (AvgIpc) is 2.62. The maximum atomic E-state index is 13.2. The number of amides is 2. The van der Waals surface area contributed by atoms with Gasteiger partial charge in [-0.15, -0.1) is 0 Å². The first-order valence-corrected chi connectivity index (χ1v) is 9.24. The second kappa shape index (κ2) is 7.22. The third-order valence-corrected chi connectivity index (χ3v) is 5.70. The first kappa shape index (κ1) is 18.0. The molecule has 2 aromatic carbocycles. The summed E-state index contributed by atoms with van der Waals surface area (Å²) in [5, 5.41) is 5.10. The van der Waals surface area contributed by atoms with E-state index in [0.29, 0.717) is 5.69 Å². The van der Waals surface area contributed by atoms with Crippen LogP contribution in [0.2, 0.25) is 0 Å². The third kappa shape index (κ3) is 3.89. The highest BCUT2D eigenvalue weighted by Crippen LogP contribution is 2.18. The molecule has 0 radical (unpaired) electrons. The summed E-state index contributed by atoms with van der Waals surface area (Å²) < 4.78 is 39.3. The van der Waals surface area contributed by atoms with Crippen molar-refractivity contribution < 1.29 is 22.4 Å². The maximum absolute atomic E-state index is 13.2. The van der Waals surface area contributed by atoms with Crippen molar-refractivity contribution in [2.45, 2.75) is 4.90 Å². The second-order valence-corrected chi connectivity index (χ2v) is 7.62. The van der Waals surface area contributed by atoms with Crippen LogP contribution in [-0.2, 0) is 14.8 Å². The fourth-order valence-electron chi connectivity index (χ4n) is 2.52. The molecule has 9 heteroatoms. The minimum Gasteiger partial charge on any atom is -0.354 e. The molecule has 1 saturated heterocycles. The Morgan fingerprint density at radius 2 is 1.88 bits per heavy atom. The van der Waals surface area contributed by atoms with Gasteiger partial charge in [-0.2, -0.15) is 4.31 Å². The van der Waals surface area contributed by atoms with E-state index in [4.69, 9.17) is 0 Å². The van der Waals surface area contributed by atoms with Gasteiger partial charge in [-0.25, -0.2) is 12.8 Å². The van der Waals surface area contributed by atoms with Crippen molar-refractivity contribution in [3.8, 4) is 0 Å². The van der Waals surface area contributed by atoms with E-state index in [1.165, 1.54) is 42.5 Å². The second-order valence-electron chi connectivity index (χ2n) is 5.68. The summed E-state index contributed by atoms with van der Waals surface area (Å²) >= 11 is 0. The minimum absolute atomic E-state index is 0.00509. The number of nitrogens with zero attached hydrogens (tertiary/aromatic N) is 1. The van der Waals surface area contributed by atoms with E-state index in [2.05, 4.69) is 10.6 Å². The predicted molar refractivity (Wildman–Crippen MR) is 92.6 cm³/mol. The van der Waals surface area contributed by atoms with E-state index in [9.17, 15) is 22.4 Å². The molecular weight excluding hydrogens is 361 g/mol. The number of rotatable bonds is 4. The van der Waals surface area contributed by atoms with Crippen LogP contribution in [0.1, 0.15) is 10.4 Å². The Balaban J connectivity index is 1.75. The van der Waals surface area contributed by atoms with Crippen molar-refractivity contribution >= 4 is 27.5 Å². The van der Waals surface area contributed by atoms with E-state index in [1.807, 2.05) is 0 Å². The molecule has 1 heterocycles. The number of nitrogens with one attached hydrogen (secondary N) is 2. The zero-order valence-corrected chi connectivity index (χ0v) is 14.4. The zero-order valence-electron chi connectivity index (χ0n) is 13.6. The number of anilines is 1. The molecule has 0 bridgehead atoms. The topological polar surface area (TPSA) is 95.6 Å². The van der Waals surface area contributed by atoms with Crippen LogP contribution in [0, 0.1) is 5.82 Å². The standard InChI is InChI=1S/C17H16FN3O4S/c18-13-2-1-3-14(10-13)20-17(23)12-4-6-15(7-5-12)26(24,25)21-9-8-19-16(22)11-21/h1-7,10H,8-9,11H2,(H,19,22)(H,20,23). The van der Waals surface area contributed by atoms with Crippen molar-refractivity contribution in [3.05, 3.63) is 59.9 Å². The first-order chi connectivity index (χ1) is 12.4. The molecule has 0 aromatic heterocycles. The highest BCUT2D eigenvalue weighted by Gasteiger charge is 2.29. The summed E-state index contributed by atoms with van der Waals surface area (Å²) in [5.74, 6) is -1.32. The third-order valence-electron chi connectivity index (χ3n) is 3.84. The average molecular weight is 377 g/mol. The molecule has 0 saturated carbocycles. The number of halogens is 1. The van der Waals surface area contributed by atoms with Gasteiger partial charge < -0.3 is 10.6 Å². The highest BCUT2D eigenvalue weighted by molar-refractivity contribution is 7.89. The van der Waals surface area contributed by atoms with E-state index in [-0.39, 0.29) is 36.0 Å². The molecule has 2 aromatic rings. The van der Waals surface area contributed by atoms with Crippen LogP contribution < -0.4 is 10.6 Å². The van der Waals surface area contributed by atoms with Crippen LogP contribution in [0.3, 0.4) is 0 Å². The van der Waals surface area contributed by atoms with Crippen LogP contribution in [0.4, 0.5) is 10.1 Å². The Morgan fingerprint density at radius 1 is 1.15 bits per heavy atom. The number of hydrogen-bond donors (Lipinski definition) is 2. The molecule has 1 aliphatic heterocycles. The van der Waals surface area contributed by atoms with E-state index < -0.39 is 21.7 Å². The van der Waals surface area contributed by atoms with Crippen LogP contribution >= 0.6 is 0 Å². The Kier molecular flexibility index (Phi) is 5.01. The smallest absolute Gasteiger partial charge is 0.255 e. The number of benzene rings is 2. The predicted octanol–water partition coefficient (Wildman–Crippen LogP) is 1.20.